The molecule has 18 heavy (non-hydrogen) atoms. The van der Waals surface area contributed by atoms with Crippen molar-refractivity contribution in [3.63, 3.8) is 0 Å². The van der Waals surface area contributed by atoms with Gasteiger partial charge in [0.1, 0.15) is 12.4 Å². The Balaban J connectivity index is 2.30. The summed E-state index contributed by atoms with van der Waals surface area (Å²) in [4.78, 5) is 9.46. The first-order valence-corrected chi connectivity index (χ1v) is 5.75. The van der Waals surface area contributed by atoms with Gasteiger partial charge in [0.05, 0.1) is 0 Å². The normalized spacial score (nSPS) is 15.6. The molecule has 0 bridgehead atoms. The first kappa shape index (κ1) is 12.9. The summed E-state index contributed by atoms with van der Waals surface area (Å²) in [6.45, 7) is 0.763. The standard InChI is InChI=1S/C11H15F3N4/c1-7-5-16-10(15-2)17-9(7)18(8-3-4-8)6-11(12,13)14/h5,8H,3-4,6H2,1-2H3,(H,15,16,17). The molecule has 1 aliphatic rings. The van der Waals surface area contributed by atoms with Crippen LogP contribution in [0.2, 0.25) is 0 Å². The Bertz CT molecular complexity index is 429. The van der Waals surface area contributed by atoms with Crippen LogP contribution in [0.5, 0.6) is 0 Å². The van der Waals surface area contributed by atoms with Gasteiger partial charge in [-0.15, -0.1) is 0 Å². The smallest absolute Gasteiger partial charge is 0.357 e. The molecular formula is C11H15F3N4. The molecule has 0 aromatic carbocycles. The van der Waals surface area contributed by atoms with Gasteiger partial charge in [-0.3, -0.25) is 0 Å². The Morgan fingerprint density at radius 3 is 2.61 bits per heavy atom. The number of aromatic nitrogens is 2. The number of anilines is 2. The SMILES string of the molecule is CNc1ncc(C)c(N(CC(F)(F)F)C2CC2)n1. The van der Waals surface area contributed by atoms with E-state index in [9.17, 15) is 13.2 Å². The number of hydrogen-bond acceptors (Lipinski definition) is 4. The fourth-order valence-corrected chi connectivity index (χ4v) is 1.80. The minimum Gasteiger partial charge on any atom is -0.357 e. The summed E-state index contributed by atoms with van der Waals surface area (Å²) in [5, 5.41) is 2.74. The molecule has 0 atom stereocenters. The number of nitrogens with one attached hydrogen (secondary N) is 1. The predicted molar refractivity (Wildman–Crippen MR) is 62.7 cm³/mol. The first-order chi connectivity index (χ1) is 8.40. The van der Waals surface area contributed by atoms with Crippen molar-refractivity contribution >= 4 is 11.8 Å². The van der Waals surface area contributed by atoms with Gasteiger partial charge in [-0.05, 0) is 19.8 Å². The zero-order chi connectivity index (χ0) is 13.3. The number of nitrogens with zero attached hydrogens (tertiary/aromatic N) is 3. The lowest BCUT2D eigenvalue weighted by atomic mass is 10.3. The van der Waals surface area contributed by atoms with Crippen LogP contribution in [-0.2, 0) is 0 Å². The van der Waals surface area contributed by atoms with Crippen molar-refractivity contribution in [1.29, 1.82) is 0 Å². The predicted octanol–water partition coefficient (Wildman–Crippen LogP) is 2.36. The number of aryl methyl sites for hydroxylation is 1. The van der Waals surface area contributed by atoms with Crippen LogP contribution in [0.15, 0.2) is 6.20 Å². The van der Waals surface area contributed by atoms with Crippen LogP contribution in [0.4, 0.5) is 24.9 Å². The van der Waals surface area contributed by atoms with Gasteiger partial charge in [-0.2, -0.15) is 18.2 Å². The zero-order valence-electron chi connectivity index (χ0n) is 10.3. The van der Waals surface area contributed by atoms with Crippen LogP contribution in [0, 0.1) is 6.92 Å². The summed E-state index contributed by atoms with van der Waals surface area (Å²) >= 11 is 0. The molecule has 4 nitrogen and oxygen atoms in total. The molecule has 0 aliphatic heterocycles. The van der Waals surface area contributed by atoms with Crippen LogP contribution in [-0.4, -0.2) is 35.8 Å². The van der Waals surface area contributed by atoms with Gasteiger partial charge in [0, 0.05) is 24.8 Å². The van der Waals surface area contributed by atoms with E-state index in [1.54, 1.807) is 20.2 Å². The minimum absolute atomic E-state index is 0.0510. The lowest BCUT2D eigenvalue weighted by molar-refractivity contribution is -0.120. The minimum atomic E-state index is -4.22. The van der Waals surface area contributed by atoms with Crippen LogP contribution >= 0.6 is 0 Å². The molecule has 100 valence electrons. The van der Waals surface area contributed by atoms with E-state index >= 15 is 0 Å². The van der Waals surface area contributed by atoms with Crippen LogP contribution in [0.3, 0.4) is 0 Å². The van der Waals surface area contributed by atoms with Crippen molar-refractivity contribution in [3.8, 4) is 0 Å². The highest BCUT2D eigenvalue weighted by atomic mass is 19.4. The second-order valence-corrected chi connectivity index (χ2v) is 4.42. The molecule has 7 heteroatoms. The maximum Gasteiger partial charge on any atom is 0.405 e. The largest absolute Gasteiger partial charge is 0.405 e. The Labute approximate surface area is 103 Å². The summed E-state index contributed by atoms with van der Waals surface area (Å²) in [5.41, 5.74) is 0.658. The quantitative estimate of drug-likeness (QED) is 0.902. The van der Waals surface area contributed by atoms with Crippen molar-refractivity contribution in [2.75, 3.05) is 23.8 Å². The number of halogens is 3. The molecule has 0 unspecified atom stereocenters. The maximum atomic E-state index is 12.6. The molecular weight excluding hydrogens is 245 g/mol. The molecule has 0 amide bonds. The summed E-state index contributed by atoms with van der Waals surface area (Å²) in [5.74, 6) is 0.706. The van der Waals surface area contributed by atoms with E-state index in [-0.39, 0.29) is 6.04 Å². The maximum absolute atomic E-state index is 12.6. The number of rotatable bonds is 4. The third kappa shape index (κ3) is 3.02. The Kier molecular flexibility index (Phi) is 3.32. The fourth-order valence-electron chi connectivity index (χ4n) is 1.80. The summed E-state index contributed by atoms with van der Waals surface area (Å²) in [6, 6.07) is -0.0510. The van der Waals surface area contributed by atoms with E-state index in [2.05, 4.69) is 15.3 Å². The van der Waals surface area contributed by atoms with Crippen molar-refractivity contribution < 1.29 is 13.2 Å². The highest BCUT2D eigenvalue weighted by Gasteiger charge is 2.39. The second kappa shape index (κ2) is 4.62. The molecule has 2 rings (SSSR count). The molecule has 1 aliphatic carbocycles. The lowest BCUT2D eigenvalue weighted by Gasteiger charge is -2.26. The third-order valence-corrected chi connectivity index (χ3v) is 2.78. The van der Waals surface area contributed by atoms with Gasteiger partial charge in [0.2, 0.25) is 5.95 Å². The zero-order valence-corrected chi connectivity index (χ0v) is 10.3. The molecule has 1 heterocycles. The van der Waals surface area contributed by atoms with Crippen molar-refractivity contribution in [2.45, 2.75) is 32.0 Å². The molecule has 1 aromatic rings. The second-order valence-electron chi connectivity index (χ2n) is 4.42. The van der Waals surface area contributed by atoms with E-state index in [4.69, 9.17) is 0 Å². The van der Waals surface area contributed by atoms with E-state index in [1.165, 1.54) is 4.90 Å². The van der Waals surface area contributed by atoms with Gasteiger partial charge in [0.15, 0.2) is 0 Å². The van der Waals surface area contributed by atoms with Gasteiger partial charge >= 0.3 is 6.18 Å². The van der Waals surface area contributed by atoms with Crippen molar-refractivity contribution in [3.05, 3.63) is 11.8 Å². The Hall–Kier alpha value is -1.53. The van der Waals surface area contributed by atoms with E-state index < -0.39 is 12.7 Å². The highest BCUT2D eigenvalue weighted by Crippen LogP contribution is 2.34. The van der Waals surface area contributed by atoms with Crippen LogP contribution in [0.25, 0.3) is 0 Å². The Morgan fingerprint density at radius 1 is 1.44 bits per heavy atom. The Morgan fingerprint density at radius 2 is 2.11 bits per heavy atom. The summed E-state index contributed by atoms with van der Waals surface area (Å²) in [6.07, 6.45) is -1.11. The third-order valence-electron chi connectivity index (χ3n) is 2.78. The lowest BCUT2D eigenvalue weighted by Crippen LogP contribution is -2.37. The van der Waals surface area contributed by atoms with Gasteiger partial charge in [-0.1, -0.05) is 0 Å². The van der Waals surface area contributed by atoms with Gasteiger partial charge in [0.25, 0.3) is 0 Å². The average Bonchev–Trinajstić information content (AvgIpc) is 3.09. The van der Waals surface area contributed by atoms with E-state index in [0.717, 1.165) is 12.8 Å². The molecule has 0 spiro atoms. The number of hydrogen-bond donors (Lipinski definition) is 1. The van der Waals surface area contributed by atoms with Gasteiger partial charge in [-0.25, -0.2) is 4.98 Å². The molecule has 1 N–H and O–H groups in total. The fraction of sp³-hybridized carbons (Fsp3) is 0.636. The van der Waals surface area contributed by atoms with Gasteiger partial charge < -0.3 is 10.2 Å². The van der Waals surface area contributed by atoms with E-state index in [1.807, 2.05) is 0 Å². The highest BCUT2D eigenvalue weighted by molar-refractivity contribution is 5.50. The monoisotopic (exact) mass is 260 g/mol. The molecule has 1 saturated carbocycles. The van der Waals surface area contributed by atoms with Crippen molar-refractivity contribution in [2.24, 2.45) is 0 Å². The van der Waals surface area contributed by atoms with Crippen molar-refractivity contribution in [1.82, 2.24) is 9.97 Å². The molecule has 0 saturated heterocycles. The molecule has 1 fully saturated rings. The first-order valence-electron chi connectivity index (χ1n) is 5.75. The number of alkyl halides is 3. The summed E-state index contributed by atoms with van der Waals surface area (Å²) in [7, 11) is 1.64. The van der Waals surface area contributed by atoms with Crippen LogP contribution < -0.4 is 10.2 Å². The van der Waals surface area contributed by atoms with Crippen LogP contribution in [0.1, 0.15) is 18.4 Å². The topological polar surface area (TPSA) is 41.1 Å². The van der Waals surface area contributed by atoms with E-state index in [0.29, 0.717) is 17.3 Å². The molecule has 1 aromatic heterocycles. The summed E-state index contributed by atoms with van der Waals surface area (Å²) < 4.78 is 37.8. The molecule has 0 radical (unpaired) electrons. The average molecular weight is 260 g/mol.